The van der Waals surface area contributed by atoms with Crippen molar-refractivity contribution >= 4 is 29.4 Å². The van der Waals surface area contributed by atoms with Gasteiger partial charge in [-0.25, -0.2) is 0 Å². The van der Waals surface area contributed by atoms with E-state index in [4.69, 9.17) is 4.42 Å². The number of anilines is 1. The van der Waals surface area contributed by atoms with Gasteiger partial charge >= 0.3 is 5.97 Å². The fourth-order valence-corrected chi connectivity index (χ4v) is 4.10. The van der Waals surface area contributed by atoms with Crippen LogP contribution in [0.5, 0.6) is 0 Å². The molecule has 2 aromatic rings. The summed E-state index contributed by atoms with van der Waals surface area (Å²) in [7, 11) is 0. The molecule has 4 atom stereocenters. The van der Waals surface area contributed by atoms with E-state index in [2.05, 4.69) is 16.2 Å². The van der Waals surface area contributed by atoms with E-state index in [1.54, 1.807) is 18.2 Å². The summed E-state index contributed by atoms with van der Waals surface area (Å²) in [5, 5.41) is 12.1. The first-order valence-corrected chi connectivity index (χ1v) is 9.40. The Kier molecular flexibility index (Phi) is 5.09. The third-order valence-electron chi connectivity index (χ3n) is 5.50. The zero-order valence-electron chi connectivity index (χ0n) is 15.7. The van der Waals surface area contributed by atoms with E-state index >= 15 is 0 Å². The number of allylic oxidation sites excluding steroid dienone is 2. The second kappa shape index (κ2) is 7.86. The highest BCUT2D eigenvalue weighted by Gasteiger charge is 2.51. The molecular formula is C21H19N3O6. The van der Waals surface area contributed by atoms with E-state index in [0.717, 1.165) is 0 Å². The van der Waals surface area contributed by atoms with Crippen LogP contribution >= 0.6 is 0 Å². The Balaban J connectivity index is 1.33. The van der Waals surface area contributed by atoms with Gasteiger partial charge in [0.05, 0.1) is 18.1 Å². The highest BCUT2D eigenvalue weighted by molar-refractivity contribution is 6.02. The standard InChI is InChI=1S/C21H19N3O6/c25-18(11-5-7-14(8-6-11)22-19(26)15-2-1-9-30-15)23-24-20(27)16-12-3-4-13(10-12)17(16)21(28)29/h1-9,12-13,16-17H,10H2,(H,22,26)(H,23,25)(H,24,27)(H,28,29)/t12-,13-,16+,17+/m0/s1. The summed E-state index contributed by atoms with van der Waals surface area (Å²) in [6.07, 6.45) is 5.74. The number of hydrazine groups is 1. The van der Waals surface area contributed by atoms with Gasteiger partial charge in [0.1, 0.15) is 0 Å². The minimum absolute atomic E-state index is 0.134. The number of carboxylic acid groups (broad SMARTS) is 1. The lowest BCUT2D eigenvalue weighted by molar-refractivity contribution is -0.148. The van der Waals surface area contributed by atoms with Crippen molar-refractivity contribution in [3.63, 3.8) is 0 Å². The predicted molar refractivity (Wildman–Crippen MR) is 104 cm³/mol. The van der Waals surface area contributed by atoms with Crippen LogP contribution in [0, 0.1) is 23.7 Å². The summed E-state index contributed by atoms with van der Waals surface area (Å²) >= 11 is 0. The molecule has 4 rings (SSSR count). The molecule has 1 aromatic heterocycles. The molecular weight excluding hydrogens is 390 g/mol. The van der Waals surface area contributed by atoms with E-state index in [1.165, 1.54) is 24.5 Å². The van der Waals surface area contributed by atoms with Crippen molar-refractivity contribution in [2.45, 2.75) is 6.42 Å². The maximum atomic E-state index is 12.5. The maximum absolute atomic E-state index is 12.5. The zero-order valence-corrected chi connectivity index (χ0v) is 15.7. The number of carboxylic acids is 1. The number of aliphatic carboxylic acids is 1. The number of rotatable bonds is 5. The van der Waals surface area contributed by atoms with Gasteiger partial charge in [-0.05, 0) is 54.7 Å². The monoisotopic (exact) mass is 409 g/mol. The van der Waals surface area contributed by atoms with Crippen molar-refractivity contribution in [1.82, 2.24) is 10.9 Å². The van der Waals surface area contributed by atoms with Gasteiger partial charge in [-0.3, -0.25) is 30.0 Å². The van der Waals surface area contributed by atoms with Crippen molar-refractivity contribution in [2.75, 3.05) is 5.32 Å². The van der Waals surface area contributed by atoms with Gasteiger partial charge in [0.25, 0.3) is 11.8 Å². The molecule has 9 heteroatoms. The number of hydrogen-bond acceptors (Lipinski definition) is 5. The van der Waals surface area contributed by atoms with Crippen LogP contribution in [0.25, 0.3) is 0 Å². The number of nitrogens with one attached hydrogen (secondary N) is 3. The first kappa shape index (κ1) is 19.4. The predicted octanol–water partition coefficient (Wildman–Crippen LogP) is 1.82. The molecule has 1 aromatic carbocycles. The van der Waals surface area contributed by atoms with Gasteiger partial charge in [-0.2, -0.15) is 0 Å². The van der Waals surface area contributed by atoms with Crippen LogP contribution in [0.2, 0.25) is 0 Å². The topological polar surface area (TPSA) is 138 Å². The fraction of sp³-hybridized carbons (Fsp3) is 0.238. The first-order chi connectivity index (χ1) is 14.4. The summed E-state index contributed by atoms with van der Waals surface area (Å²) in [4.78, 5) is 48.3. The summed E-state index contributed by atoms with van der Waals surface area (Å²) in [5.74, 6) is -4.12. The summed E-state index contributed by atoms with van der Waals surface area (Å²) < 4.78 is 5.01. The van der Waals surface area contributed by atoms with Crippen molar-refractivity contribution in [3.8, 4) is 0 Å². The molecule has 0 aliphatic heterocycles. The zero-order chi connectivity index (χ0) is 21.3. The molecule has 2 aliphatic carbocycles. The molecule has 1 heterocycles. The lowest BCUT2D eigenvalue weighted by Crippen LogP contribution is -2.48. The lowest BCUT2D eigenvalue weighted by Gasteiger charge is -2.23. The average Bonchev–Trinajstić information content (AvgIpc) is 3.49. The van der Waals surface area contributed by atoms with Gasteiger partial charge in [-0.1, -0.05) is 12.2 Å². The molecule has 0 saturated heterocycles. The Morgan fingerprint density at radius 2 is 1.60 bits per heavy atom. The highest BCUT2D eigenvalue weighted by Crippen LogP contribution is 2.48. The van der Waals surface area contributed by atoms with Gasteiger partial charge in [0.15, 0.2) is 5.76 Å². The normalized spacial score (nSPS) is 23.7. The van der Waals surface area contributed by atoms with E-state index in [9.17, 15) is 24.3 Å². The van der Waals surface area contributed by atoms with Crippen molar-refractivity contribution < 1.29 is 28.7 Å². The van der Waals surface area contributed by atoms with E-state index in [0.29, 0.717) is 12.1 Å². The maximum Gasteiger partial charge on any atom is 0.307 e. The van der Waals surface area contributed by atoms with Gasteiger partial charge in [-0.15, -0.1) is 0 Å². The summed E-state index contributed by atoms with van der Waals surface area (Å²) in [6.45, 7) is 0. The number of fused-ring (bicyclic) bond motifs is 2. The third kappa shape index (κ3) is 3.69. The summed E-state index contributed by atoms with van der Waals surface area (Å²) in [5.41, 5.74) is 5.39. The van der Waals surface area contributed by atoms with Crippen molar-refractivity contribution in [3.05, 3.63) is 66.1 Å². The summed E-state index contributed by atoms with van der Waals surface area (Å²) in [6, 6.07) is 9.18. The molecule has 9 nitrogen and oxygen atoms in total. The van der Waals surface area contributed by atoms with Crippen LogP contribution in [-0.2, 0) is 9.59 Å². The minimum atomic E-state index is -1.01. The van der Waals surface area contributed by atoms with Gasteiger partial charge in [0, 0.05) is 11.3 Å². The number of hydrogen-bond donors (Lipinski definition) is 4. The smallest absolute Gasteiger partial charge is 0.307 e. The molecule has 30 heavy (non-hydrogen) atoms. The molecule has 2 bridgehead atoms. The Labute approximate surface area is 171 Å². The quantitative estimate of drug-likeness (QED) is 0.439. The molecule has 154 valence electrons. The number of carbonyl (C=O) groups excluding carboxylic acids is 3. The van der Waals surface area contributed by atoms with Crippen molar-refractivity contribution in [1.29, 1.82) is 0 Å². The number of furan rings is 1. The average molecular weight is 409 g/mol. The SMILES string of the molecule is O=C(NNC(=O)[C@H]1[C@H](C(=O)O)[C@H]2C=C[C@H]1C2)c1ccc(NC(=O)c2ccco2)cc1. The second-order valence-electron chi connectivity index (χ2n) is 7.29. The number of benzene rings is 1. The number of amides is 3. The van der Waals surface area contributed by atoms with Crippen LogP contribution < -0.4 is 16.2 Å². The molecule has 4 N–H and O–H groups in total. The Bertz CT molecular complexity index is 1010. The molecule has 1 fully saturated rings. The molecule has 2 aliphatic rings. The Hall–Kier alpha value is -3.88. The van der Waals surface area contributed by atoms with E-state index < -0.39 is 35.5 Å². The van der Waals surface area contributed by atoms with Crippen LogP contribution in [0.15, 0.2) is 59.2 Å². The first-order valence-electron chi connectivity index (χ1n) is 9.40. The molecule has 1 saturated carbocycles. The minimum Gasteiger partial charge on any atom is -0.481 e. The van der Waals surface area contributed by atoms with Crippen LogP contribution in [0.3, 0.4) is 0 Å². The van der Waals surface area contributed by atoms with Gasteiger partial charge < -0.3 is 14.8 Å². The van der Waals surface area contributed by atoms with E-state index in [-0.39, 0.29) is 23.2 Å². The lowest BCUT2D eigenvalue weighted by atomic mass is 9.82. The Morgan fingerprint density at radius 3 is 2.23 bits per heavy atom. The van der Waals surface area contributed by atoms with Crippen LogP contribution in [-0.4, -0.2) is 28.8 Å². The third-order valence-corrected chi connectivity index (χ3v) is 5.50. The van der Waals surface area contributed by atoms with Gasteiger partial charge in [0.2, 0.25) is 5.91 Å². The van der Waals surface area contributed by atoms with Crippen LogP contribution in [0.1, 0.15) is 27.3 Å². The molecule has 0 spiro atoms. The number of carbonyl (C=O) groups is 4. The fourth-order valence-electron chi connectivity index (χ4n) is 4.10. The largest absolute Gasteiger partial charge is 0.481 e. The highest BCUT2D eigenvalue weighted by atomic mass is 16.4. The molecule has 0 unspecified atom stereocenters. The van der Waals surface area contributed by atoms with Crippen LogP contribution in [0.4, 0.5) is 5.69 Å². The second-order valence-corrected chi connectivity index (χ2v) is 7.29. The molecule has 0 radical (unpaired) electrons. The molecule has 3 amide bonds. The van der Waals surface area contributed by atoms with Crippen molar-refractivity contribution in [2.24, 2.45) is 23.7 Å². The van der Waals surface area contributed by atoms with E-state index in [1.807, 2.05) is 12.2 Å². The Morgan fingerprint density at radius 1 is 0.900 bits per heavy atom.